The maximum Gasteiger partial charge on any atom is 0.164 e. The van der Waals surface area contributed by atoms with E-state index in [4.69, 9.17) is 20.4 Å². The van der Waals surface area contributed by atoms with Crippen LogP contribution >= 0.6 is 0 Å². The van der Waals surface area contributed by atoms with Crippen molar-refractivity contribution in [2.45, 2.75) is 45.3 Å². The summed E-state index contributed by atoms with van der Waals surface area (Å²) < 4.78 is 0. The summed E-state index contributed by atoms with van der Waals surface area (Å²) in [5, 5.41) is 36.1. The minimum absolute atomic E-state index is 0.0231. The lowest BCUT2D eigenvalue weighted by Crippen LogP contribution is -2.37. The molecule has 1 atom stereocenters. The van der Waals surface area contributed by atoms with Crippen LogP contribution in [-0.2, 0) is 6.54 Å². The van der Waals surface area contributed by atoms with Crippen LogP contribution in [0, 0.1) is 0 Å². The molecule has 0 aliphatic heterocycles. The maximum absolute atomic E-state index is 9.01. The van der Waals surface area contributed by atoms with Gasteiger partial charge in [-0.1, -0.05) is 38.1 Å². The second kappa shape index (κ2) is 8.34. The summed E-state index contributed by atoms with van der Waals surface area (Å²) in [4.78, 5) is 1.59. The third-order valence-corrected chi connectivity index (χ3v) is 3.41. The summed E-state index contributed by atoms with van der Waals surface area (Å²) in [6, 6.07) is 8.10. The van der Waals surface area contributed by atoms with Gasteiger partial charge in [0.1, 0.15) is 0 Å². The first-order chi connectivity index (χ1) is 9.42. The van der Waals surface area contributed by atoms with Crippen LogP contribution in [0.5, 0.6) is 0 Å². The molecule has 0 aliphatic rings. The summed E-state index contributed by atoms with van der Waals surface area (Å²) in [5.74, 6) is 0.513. The number of nitrogens with zero attached hydrogens (tertiary/aromatic N) is 1. The molecule has 0 saturated carbocycles. The van der Waals surface area contributed by atoms with Gasteiger partial charge in [0.15, 0.2) is 12.6 Å². The van der Waals surface area contributed by atoms with Gasteiger partial charge in [-0.3, -0.25) is 4.90 Å². The molecule has 1 rings (SSSR count). The molecule has 0 spiro atoms. The highest BCUT2D eigenvalue weighted by Gasteiger charge is 2.13. The van der Waals surface area contributed by atoms with Crippen LogP contribution < -0.4 is 0 Å². The third-order valence-electron chi connectivity index (χ3n) is 3.41. The van der Waals surface area contributed by atoms with Crippen molar-refractivity contribution < 1.29 is 20.4 Å². The zero-order chi connectivity index (χ0) is 15.1. The number of aliphatic hydroxyl groups is 4. The highest BCUT2D eigenvalue weighted by Crippen LogP contribution is 2.19. The van der Waals surface area contributed by atoms with Crippen molar-refractivity contribution in [2.75, 3.05) is 13.1 Å². The molecule has 4 N–H and O–H groups in total. The monoisotopic (exact) mass is 283 g/mol. The Morgan fingerprint density at radius 3 is 1.85 bits per heavy atom. The van der Waals surface area contributed by atoms with Crippen LogP contribution in [0.15, 0.2) is 24.3 Å². The molecule has 0 heterocycles. The predicted molar refractivity (Wildman–Crippen MR) is 76.9 cm³/mol. The zero-order valence-corrected chi connectivity index (χ0v) is 12.1. The molecule has 0 amide bonds. The number of hydrogen-bond acceptors (Lipinski definition) is 5. The van der Waals surface area contributed by atoms with Crippen LogP contribution in [-0.4, -0.2) is 51.0 Å². The minimum atomic E-state index is -1.49. The Morgan fingerprint density at radius 1 is 0.950 bits per heavy atom. The average molecular weight is 283 g/mol. The lowest BCUT2D eigenvalue weighted by Gasteiger charge is -2.24. The summed E-state index contributed by atoms with van der Waals surface area (Å²) in [5.41, 5.74) is 2.27. The number of aliphatic hydroxyl groups excluding tert-OH is 2. The van der Waals surface area contributed by atoms with Crippen molar-refractivity contribution in [3.8, 4) is 0 Å². The maximum atomic E-state index is 9.01. The summed E-state index contributed by atoms with van der Waals surface area (Å²) in [6.45, 7) is 4.71. The Labute approximate surface area is 120 Å². The summed E-state index contributed by atoms with van der Waals surface area (Å²) in [7, 11) is 0. The second-order valence-electron chi connectivity index (χ2n) is 5.21. The van der Waals surface area contributed by atoms with Crippen molar-refractivity contribution in [2.24, 2.45) is 0 Å². The Hall–Kier alpha value is -0.980. The second-order valence-corrected chi connectivity index (χ2v) is 5.21. The van der Waals surface area contributed by atoms with E-state index in [-0.39, 0.29) is 13.1 Å². The highest BCUT2D eigenvalue weighted by molar-refractivity contribution is 5.25. The Balaban J connectivity index is 2.67. The predicted octanol–water partition coefficient (Wildman–Crippen LogP) is 0.623. The van der Waals surface area contributed by atoms with E-state index in [1.165, 1.54) is 5.56 Å². The lowest BCUT2D eigenvalue weighted by molar-refractivity contribution is -0.0964. The molecule has 20 heavy (non-hydrogen) atoms. The van der Waals surface area contributed by atoms with Crippen LogP contribution in [0.4, 0.5) is 0 Å². The molecule has 5 heteroatoms. The summed E-state index contributed by atoms with van der Waals surface area (Å²) >= 11 is 0. The van der Waals surface area contributed by atoms with Gasteiger partial charge in [0.2, 0.25) is 0 Å². The van der Waals surface area contributed by atoms with E-state index in [0.717, 1.165) is 12.0 Å². The Bertz CT molecular complexity index is 368. The Kier molecular flexibility index (Phi) is 7.12. The van der Waals surface area contributed by atoms with Crippen LogP contribution in [0.3, 0.4) is 0 Å². The lowest BCUT2D eigenvalue weighted by atomic mass is 9.97. The van der Waals surface area contributed by atoms with Gasteiger partial charge in [0.05, 0.1) is 0 Å². The minimum Gasteiger partial charge on any atom is -0.367 e. The molecule has 0 fully saturated rings. The van der Waals surface area contributed by atoms with Crippen molar-refractivity contribution in [1.29, 1.82) is 0 Å². The first-order valence-electron chi connectivity index (χ1n) is 6.95. The zero-order valence-electron chi connectivity index (χ0n) is 12.1. The van der Waals surface area contributed by atoms with Gasteiger partial charge in [0.25, 0.3) is 0 Å². The van der Waals surface area contributed by atoms with Gasteiger partial charge in [-0.2, -0.15) is 0 Å². The van der Waals surface area contributed by atoms with Gasteiger partial charge in [0, 0.05) is 19.6 Å². The molecular formula is C15H25NO4. The van der Waals surface area contributed by atoms with E-state index in [1.54, 1.807) is 4.90 Å². The molecule has 0 bridgehead atoms. The van der Waals surface area contributed by atoms with Crippen molar-refractivity contribution in [1.82, 2.24) is 4.90 Å². The quantitative estimate of drug-likeness (QED) is 0.526. The standard InChI is InChI=1S/C15H25NO4/c1-3-11(2)13-6-4-12(5-7-13)8-16(9-14(17)18)10-15(19)20/h4-7,11,14-15,17-20H,3,8-10H2,1-2H3. The van der Waals surface area contributed by atoms with Crippen molar-refractivity contribution >= 4 is 0 Å². The highest BCUT2D eigenvalue weighted by atomic mass is 16.5. The van der Waals surface area contributed by atoms with Crippen LogP contribution in [0.2, 0.25) is 0 Å². The normalized spacial score (nSPS) is 13.4. The smallest absolute Gasteiger partial charge is 0.164 e. The first kappa shape index (κ1) is 17.1. The average Bonchev–Trinajstić information content (AvgIpc) is 2.37. The van der Waals surface area contributed by atoms with Crippen LogP contribution in [0.1, 0.15) is 37.3 Å². The van der Waals surface area contributed by atoms with Gasteiger partial charge >= 0.3 is 0 Å². The van der Waals surface area contributed by atoms with Crippen LogP contribution in [0.25, 0.3) is 0 Å². The van der Waals surface area contributed by atoms with E-state index in [0.29, 0.717) is 12.5 Å². The van der Waals surface area contributed by atoms with Crippen molar-refractivity contribution in [3.05, 3.63) is 35.4 Å². The molecule has 0 radical (unpaired) electrons. The Morgan fingerprint density at radius 2 is 1.45 bits per heavy atom. The fourth-order valence-corrected chi connectivity index (χ4v) is 2.11. The van der Waals surface area contributed by atoms with Gasteiger partial charge < -0.3 is 20.4 Å². The SMILES string of the molecule is CCC(C)c1ccc(CN(CC(O)O)CC(O)O)cc1. The fourth-order valence-electron chi connectivity index (χ4n) is 2.11. The topological polar surface area (TPSA) is 84.2 Å². The largest absolute Gasteiger partial charge is 0.367 e. The van der Waals surface area contributed by atoms with Gasteiger partial charge in [-0.05, 0) is 23.5 Å². The number of benzene rings is 1. The third kappa shape index (κ3) is 5.98. The molecule has 0 aromatic heterocycles. The fraction of sp³-hybridized carbons (Fsp3) is 0.600. The molecule has 1 aromatic carbocycles. The van der Waals surface area contributed by atoms with E-state index < -0.39 is 12.6 Å². The molecule has 114 valence electrons. The van der Waals surface area contributed by atoms with Crippen molar-refractivity contribution in [3.63, 3.8) is 0 Å². The van der Waals surface area contributed by atoms with E-state index in [1.807, 2.05) is 12.1 Å². The molecule has 1 unspecified atom stereocenters. The molecule has 0 aliphatic carbocycles. The number of rotatable bonds is 8. The van der Waals surface area contributed by atoms with E-state index in [9.17, 15) is 0 Å². The number of hydrogen-bond donors (Lipinski definition) is 4. The van der Waals surface area contributed by atoms with E-state index >= 15 is 0 Å². The molecular weight excluding hydrogens is 258 g/mol. The first-order valence-corrected chi connectivity index (χ1v) is 6.95. The van der Waals surface area contributed by atoms with Gasteiger partial charge in [-0.15, -0.1) is 0 Å². The van der Waals surface area contributed by atoms with Gasteiger partial charge in [-0.25, -0.2) is 0 Å². The molecule has 5 nitrogen and oxygen atoms in total. The molecule has 1 aromatic rings. The van der Waals surface area contributed by atoms with E-state index in [2.05, 4.69) is 26.0 Å². The summed E-state index contributed by atoms with van der Waals surface area (Å²) in [6.07, 6.45) is -1.90. The molecule has 0 saturated heterocycles.